The molecule has 0 amide bonds. The van der Waals surface area contributed by atoms with Gasteiger partial charge in [0.15, 0.2) is 5.16 Å². The van der Waals surface area contributed by atoms with Crippen LogP contribution in [0.3, 0.4) is 0 Å². The summed E-state index contributed by atoms with van der Waals surface area (Å²) >= 11 is 5.03. The van der Waals surface area contributed by atoms with Crippen molar-refractivity contribution < 1.29 is 0 Å². The third kappa shape index (κ3) is 2.58. The fourth-order valence-electron chi connectivity index (χ4n) is 1.91. The summed E-state index contributed by atoms with van der Waals surface area (Å²) in [6, 6.07) is 13.8. The van der Waals surface area contributed by atoms with Crippen LogP contribution in [0.15, 0.2) is 50.9 Å². The SMILES string of the molecule is Cc1ccc2nc(Sc3ccc(C#N)cc3Br)[nH]c2c1. The summed E-state index contributed by atoms with van der Waals surface area (Å²) in [6.45, 7) is 2.06. The number of H-pyrrole nitrogens is 1. The number of nitrogens with one attached hydrogen (secondary N) is 1. The average molecular weight is 344 g/mol. The fraction of sp³-hybridized carbons (Fsp3) is 0.0667. The normalized spacial score (nSPS) is 10.7. The van der Waals surface area contributed by atoms with E-state index in [9.17, 15) is 0 Å². The Bertz CT molecular complexity index is 833. The van der Waals surface area contributed by atoms with Crippen LogP contribution in [0.4, 0.5) is 0 Å². The van der Waals surface area contributed by atoms with Gasteiger partial charge in [-0.25, -0.2) is 4.98 Å². The van der Waals surface area contributed by atoms with E-state index >= 15 is 0 Å². The van der Waals surface area contributed by atoms with Crippen molar-refractivity contribution in [2.45, 2.75) is 17.0 Å². The summed E-state index contributed by atoms with van der Waals surface area (Å²) in [5, 5.41) is 9.71. The first-order chi connectivity index (χ1) is 9.65. The Balaban J connectivity index is 1.95. The Labute approximate surface area is 129 Å². The maximum Gasteiger partial charge on any atom is 0.171 e. The van der Waals surface area contributed by atoms with Gasteiger partial charge in [0, 0.05) is 9.37 Å². The highest BCUT2D eigenvalue weighted by molar-refractivity contribution is 9.10. The van der Waals surface area contributed by atoms with E-state index in [0.29, 0.717) is 5.56 Å². The molecule has 0 aliphatic rings. The molecule has 0 bridgehead atoms. The molecule has 5 heteroatoms. The van der Waals surface area contributed by atoms with Crippen LogP contribution in [-0.2, 0) is 0 Å². The van der Waals surface area contributed by atoms with Gasteiger partial charge in [-0.15, -0.1) is 0 Å². The van der Waals surface area contributed by atoms with Crippen molar-refractivity contribution in [3.63, 3.8) is 0 Å². The predicted molar refractivity (Wildman–Crippen MR) is 83.8 cm³/mol. The Morgan fingerprint density at radius 2 is 2.10 bits per heavy atom. The van der Waals surface area contributed by atoms with Crippen LogP contribution in [-0.4, -0.2) is 9.97 Å². The summed E-state index contributed by atoms with van der Waals surface area (Å²) in [6.07, 6.45) is 0. The van der Waals surface area contributed by atoms with E-state index in [4.69, 9.17) is 5.26 Å². The zero-order valence-corrected chi connectivity index (χ0v) is 13.0. The molecular formula is C15H10BrN3S. The monoisotopic (exact) mass is 343 g/mol. The van der Waals surface area contributed by atoms with Crippen molar-refractivity contribution in [3.8, 4) is 6.07 Å². The summed E-state index contributed by atoms with van der Waals surface area (Å²) in [5.74, 6) is 0. The molecule has 0 spiro atoms. The molecule has 98 valence electrons. The van der Waals surface area contributed by atoms with Crippen LogP contribution >= 0.6 is 27.7 Å². The number of nitriles is 1. The molecule has 1 aromatic heterocycles. The van der Waals surface area contributed by atoms with Gasteiger partial charge in [-0.05, 0) is 58.7 Å². The first kappa shape index (κ1) is 13.2. The van der Waals surface area contributed by atoms with Crippen LogP contribution < -0.4 is 0 Å². The van der Waals surface area contributed by atoms with Crippen LogP contribution in [0, 0.1) is 18.3 Å². The molecule has 0 aliphatic carbocycles. The van der Waals surface area contributed by atoms with Gasteiger partial charge >= 0.3 is 0 Å². The van der Waals surface area contributed by atoms with E-state index in [0.717, 1.165) is 25.6 Å². The Hall–Kier alpha value is -1.77. The highest BCUT2D eigenvalue weighted by Crippen LogP contribution is 2.33. The lowest BCUT2D eigenvalue weighted by Crippen LogP contribution is -1.80. The third-order valence-electron chi connectivity index (χ3n) is 2.88. The highest BCUT2D eigenvalue weighted by Gasteiger charge is 2.08. The van der Waals surface area contributed by atoms with Gasteiger partial charge in [-0.1, -0.05) is 17.8 Å². The molecule has 0 saturated heterocycles. The van der Waals surface area contributed by atoms with E-state index in [1.807, 2.05) is 18.2 Å². The number of nitrogens with zero attached hydrogens (tertiary/aromatic N) is 2. The number of benzene rings is 2. The average Bonchev–Trinajstić information content (AvgIpc) is 2.82. The Kier molecular flexibility index (Phi) is 3.51. The lowest BCUT2D eigenvalue weighted by atomic mass is 10.2. The van der Waals surface area contributed by atoms with Crippen LogP contribution in [0.1, 0.15) is 11.1 Å². The molecule has 20 heavy (non-hydrogen) atoms. The minimum atomic E-state index is 0.640. The maximum atomic E-state index is 8.87. The van der Waals surface area contributed by atoms with Crippen LogP contribution in [0.5, 0.6) is 0 Å². The predicted octanol–water partition coefficient (Wildman–Crippen LogP) is 4.66. The van der Waals surface area contributed by atoms with Crippen molar-refractivity contribution in [2.75, 3.05) is 0 Å². The van der Waals surface area contributed by atoms with Gasteiger partial charge in [0.2, 0.25) is 0 Å². The molecule has 0 atom stereocenters. The maximum absolute atomic E-state index is 8.87. The van der Waals surface area contributed by atoms with Crippen molar-refractivity contribution >= 4 is 38.7 Å². The highest BCUT2D eigenvalue weighted by atomic mass is 79.9. The number of imidazole rings is 1. The van der Waals surface area contributed by atoms with Crippen molar-refractivity contribution in [1.29, 1.82) is 5.26 Å². The molecule has 3 aromatic rings. The number of aromatic amines is 1. The minimum Gasteiger partial charge on any atom is -0.333 e. The zero-order chi connectivity index (χ0) is 14.1. The van der Waals surface area contributed by atoms with Gasteiger partial charge in [0.05, 0.1) is 22.7 Å². The van der Waals surface area contributed by atoms with Crippen molar-refractivity contribution in [2.24, 2.45) is 0 Å². The Morgan fingerprint density at radius 1 is 1.25 bits per heavy atom. The number of hydrogen-bond acceptors (Lipinski definition) is 3. The van der Waals surface area contributed by atoms with E-state index in [2.05, 4.69) is 51.0 Å². The van der Waals surface area contributed by atoms with Gasteiger partial charge < -0.3 is 4.98 Å². The molecule has 1 N–H and O–H groups in total. The summed E-state index contributed by atoms with van der Waals surface area (Å²) in [5.41, 5.74) is 3.85. The molecule has 0 saturated carbocycles. The van der Waals surface area contributed by atoms with Crippen molar-refractivity contribution in [1.82, 2.24) is 9.97 Å². The second-order valence-electron chi connectivity index (χ2n) is 4.42. The van der Waals surface area contributed by atoms with Crippen LogP contribution in [0.25, 0.3) is 11.0 Å². The first-order valence-corrected chi connectivity index (χ1v) is 7.60. The Morgan fingerprint density at radius 3 is 2.85 bits per heavy atom. The van der Waals surface area contributed by atoms with Crippen molar-refractivity contribution in [3.05, 3.63) is 52.0 Å². The number of hydrogen-bond donors (Lipinski definition) is 1. The largest absolute Gasteiger partial charge is 0.333 e. The van der Waals surface area contributed by atoms with Gasteiger partial charge in [0.1, 0.15) is 0 Å². The molecule has 1 heterocycles. The summed E-state index contributed by atoms with van der Waals surface area (Å²) in [7, 11) is 0. The molecule has 0 unspecified atom stereocenters. The lowest BCUT2D eigenvalue weighted by molar-refractivity contribution is 1.08. The van der Waals surface area contributed by atoms with E-state index in [1.54, 1.807) is 17.8 Å². The standard InChI is InChI=1S/C15H10BrN3S/c1-9-2-4-12-13(6-9)19-15(18-12)20-14-5-3-10(8-17)7-11(14)16/h2-7H,1H3,(H,18,19). The molecule has 3 rings (SSSR count). The smallest absolute Gasteiger partial charge is 0.171 e. The van der Waals surface area contributed by atoms with Gasteiger partial charge in [-0.3, -0.25) is 0 Å². The van der Waals surface area contributed by atoms with E-state index in [1.165, 1.54) is 5.56 Å². The number of aryl methyl sites for hydroxylation is 1. The molecule has 3 nitrogen and oxygen atoms in total. The van der Waals surface area contributed by atoms with Gasteiger partial charge in [0.25, 0.3) is 0 Å². The summed E-state index contributed by atoms with van der Waals surface area (Å²) < 4.78 is 0.901. The molecule has 2 aromatic carbocycles. The summed E-state index contributed by atoms with van der Waals surface area (Å²) in [4.78, 5) is 8.89. The quantitative estimate of drug-likeness (QED) is 0.736. The number of aromatic nitrogens is 2. The zero-order valence-electron chi connectivity index (χ0n) is 10.6. The minimum absolute atomic E-state index is 0.640. The lowest BCUT2D eigenvalue weighted by Gasteiger charge is -2.01. The second kappa shape index (κ2) is 5.31. The molecular weight excluding hydrogens is 334 g/mol. The number of halogens is 1. The molecule has 0 fully saturated rings. The third-order valence-corrected chi connectivity index (χ3v) is 4.76. The molecule has 0 radical (unpaired) electrons. The topological polar surface area (TPSA) is 52.5 Å². The van der Waals surface area contributed by atoms with E-state index in [-0.39, 0.29) is 0 Å². The van der Waals surface area contributed by atoms with E-state index < -0.39 is 0 Å². The number of rotatable bonds is 2. The van der Waals surface area contributed by atoms with Crippen LogP contribution in [0.2, 0.25) is 0 Å². The second-order valence-corrected chi connectivity index (χ2v) is 6.31. The fourth-order valence-corrected chi connectivity index (χ4v) is 3.33. The van der Waals surface area contributed by atoms with Gasteiger partial charge in [-0.2, -0.15) is 5.26 Å². The first-order valence-electron chi connectivity index (χ1n) is 5.99. The molecule has 0 aliphatic heterocycles. The number of fused-ring (bicyclic) bond motifs is 1.